The lowest BCUT2D eigenvalue weighted by Crippen LogP contribution is -2.50. The number of esters is 1. The van der Waals surface area contributed by atoms with Crippen molar-refractivity contribution in [3.05, 3.63) is 28.2 Å². The highest BCUT2D eigenvalue weighted by Gasteiger charge is 2.36. The van der Waals surface area contributed by atoms with Crippen LogP contribution >= 0.6 is 23.2 Å². The summed E-state index contributed by atoms with van der Waals surface area (Å²) in [6, 6.07) is 4.31. The number of aliphatic hydroxyl groups is 4. The second-order valence-electron chi connectivity index (χ2n) is 5.10. The molecule has 8 nitrogen and oxygen atoms in total. The van der Waals surface area contributed by atoms with E-state index in [4.69, 9.17) is 37.8 Å². The highest BCUT2D eigenvalue weighted by molar-refractivity contribution is 6.35. The van der Waals surface area contributed by atoms with Gasteiger partial charge in [0.15, 0.2) is 18.5 Å². The number of hydrogen-bond acceptors (Lipinski definition) is 8. The molecule has 0 fully saturated rings. The Morgan fingerprint density at radius 1 is 1.28 bits per heavy atom. The molecule has 1 aromatic rings. The molecule has 1 aromatic carbocycles. The molecule has 0 aliphatic rings. The molecular formula is C15H18Cl2O8. The summed E-state index contributed by atoms with van der Waals surface area (Å²) >= 11 is 11.7. The quantitative estimate of drug-likeness (QED) is 0.337. The molecule has 0 amide bonds. The maximum Gasteiger partial charge on any atom is 0.347 e. The van der Waals surface area contributed by atoms with Crippen molar-refractivity contribution < 1.29 is 39.5 Å². The summed E-state index contributed by atoms with van der Waals surface area (Å²) in [6.45, 7) is 0.444. The fraction of sp³-hybridized carbons (Fsp3) is 0.467. The van der Waals surface area contributed by atoms with Crippen LogP contribution < -0.4 is 4.74 Å². The van der Waals surface area contributed by atoms with Crippen LogP contribution in [0.25, 0.3) is 0 Å². The Hall–Kier alpha value is -1.42. The monoisotopic (exact) mass is 396 g/mol. The molecule has 140 valence electrons. The van der Waals surface area contributed by atoms with E-state index in [0.29, 0.717) is 5.02 Å². The molecule has 25 heavy (non-hydrogen) atoms. The minimum atomic E-state index is -1.91. The Bertz CT molecular complexity index is 597. The van der Waals surface area contributed by atoms with E-state index in [1.54, 1.807) is 0 Å². The molecule has 0 spiro atoms. The van der Waals surface area contributed by atoms with Crippen LogP contribution in [0.1, 0.15) is 6.92 Å². The summed E-state index contributed by atoms with van der Waals surface area (Å²) in [7, 11) is 0. The van der Waals surface area contributed by atoms with Crippen molar-refractivity contribution >= 4 is 35.5 Å². The fourth-order valence-corrected chi connectivity index (χ4v) is 2.24. The molecule has 0 heterocycles. The molecule has 0 saturated heterocycles. The molecule has 5 atom stereocenters. The summed E-state index contributed by atoms with van der Waals surface area (Å²) in [5.74, 6) is -0.903. The lowest BCUT2D eigenvalue weighted by atomic mass is 10.0. The third-order valence-corrected chi connectivity index (χ3v) is 3.71. The summed E-state index contributed by atoms with van der Waals surface area (Å²) in [5, 5.41) is 38.1. The molecule has 1 unspecified atom stereocenters. The van der Waals surface area contributed by atoms with Gasteiger partial charge in [0, 0.05) is 5.02 Å². The second kappa shape index (κ2) is 9.91. The number of benzene rings is 1. The van der Waals surface area contributed by atoms with Gasteiger partial charge in [0.05, 0.1) is 11.6 Å². The summed E-state index contributed by atoms with van der Waals surface area (Å²) < 4.78 is 10.2. The van der Waals surface area contributed by atoms with Gasteiger partial charge in [0.1, 0.15) is 24.1 Å². The average molecular weight is 397 g/mol. The maximum absolute atomic E-state index is 12.1. The van der Waals surface area contributed by atoms with Gasteiger partial charge in [-0.2, -0.15) is 0 Å². The van der Waals surface area contributed by atoms with E-state index in [0.717, 1.165) is 0 Å². The number of ether oxygens (including phenoxy) is 2. The van der Waals surface area contributed by atoms with Crippen LogP contribution in [0.5, 0.6) is 5.75 Å². The predicted octanol–water partition coefficient (Wildman–Crippen LogP) is -0.0536. The van der Waals surface area contributed by atoms with Gasteiger partial charge in [0.25, 0.3) is 0 Å². The highest BCUT2D eigenvalue weighted by atomic mass is 35.5. The third-order valence-electron chi connectivity index (χ3n) is 3.18. The van der Waals surface area contributed by atoms with E-state index in [1.807, 2.05) is 0 Å². The molecule has 10 heteroatoms. The van der Waals surface area contributed by atoms with Crippen molar-refractivity contribution in [2.75, 3.05) is 6.61 Å². The van der Waals surface area contributed by atoms with Crippen LogP contribution in [0.3, 0.4) is 0 Å². The van der Waals surface area contributed by atoms with Gasteiger partial charge in [-0.15, -0.1) is 0 Å². The number of aliphatic hydroxyl groups excluding tert-OH is 4. The number of halogens is 2. The van der Waals surface area contributed by atoms with Crippen molar-refractivity contribution in [1.29, 1.82) is 0 Å². The van der Waals surface area contributed by atoms with E-state index < -0.39 is 43.1 Å². The maximum atomic E-state index is 12.1. The van der Waals surface area contributed by atoms with E-state index >= 15 is 0 Å². The molecule has 1 rings (SSSR count). The first kappa shape index (κ1) is 21.6. The molecule has 0 bridgehead atoms. The number of carbonyl (C=O) groups is 2. The summed E-state index contributed by atoms with van der Waals surface area (Å²) in [5.41, 5.74) is 0. The van der Waals surface area contributed by atoms with Crippen molar-refractivity contribution in [1.82, 2.24) is 0 Å². The van der Waals surface area contributed by atoms with Gasteiger partial charge in [-0.1, -0.05) is 23.2 Å². The van der Waals surface area contributed by atoms with Gasteiger partial charge in [-0.05, 0) is 25.1 Å². The Kier molecular flexibility index (Phi) is 8.57. The molecule has 0 saturated carbocycles. The molecule has 0 aliphatic carbocycles. The minimum absolute atomic E-state index is 0.0207. The van der Waals surface area contributed by atoms with Gasteiger partial charge in [-0.25, -0.2) is 4.79 Å². The predicted molar refractivity (Wildman–Crippen MR) is 87.6 cm³/mol. The van der Waals surface area contributed by atoms with Crippen molar-refractivity contribution in [3.8, 4) is 5.75 Å². The zero-order valence-corrected chi connectivity index (χ0v) is 14.6. The highest BCUT2D eigenvalue weighted by Crippen LogP contribution is 2.28. The molecule has 0 radical (unpaired) electrons. The van der Waals surface area contributed by atoms with Crippen LogP contribution in [0, 0.1) is 0 Å². The Morgan fingerprint density at radius 2 is 1.92 bits per heavy atom. The number of rotatable bonds is 9. The fourth-order valence-electron chi connectivity index (χ4n) is 1.79. The summed E-state index contributed by atoms with van der Waals surface area (Å²) in [6.07, 6.45) is -8.52. The lowest BCUT2D eigenvalue weighted by molar-refractivity contribution is -0.179. The number of aldehydes is 1. The minimum Gasteiger partial charge on any atom is -0.477 e. The van der Waals surface area contributed by atoms with Crippen LogP contribution in [-0.2, 0) is 14.3 Å². The normalized spacial score (nSPS) is 17.1. The Balaban J connectivity index is 2.82. The van der Waals surface area contributed by atoms with E-state index in [2.05, 4.69) is 0 Å². The first-order valence-electron chi connectivity index (χ1n) is 7.13. The van der Waals surface area contributed by atoms with Crippen LogP contribution in [0.2, 0.25) is 10.0 Å². The molecule has 4 N–H and O–H groups in total. The zero-order chi connectivity index (χ0) is 19.1. The Morgan fingerprint density at radius 3 is 2.44 bits per heavy atom. The number of hydrogen-bond donors (Lipinski definition) is 4. The van der Waals surface area contributed by atoms with Crippen molar-refractivity contribution in [2.45, 2.75) is 37.4 Å². The average Bonchev–Trinajstić information content (AvgIpc) is 2.59. The standard InChI is InChI=1S/C15H18Cl2O8/c1-7(24-12-3-2-8(16)4-9(12)17)15(23)25-14(11(21)6-19)13(22)10(20)5-18/h2-4,6-7,10-11,13-14,18,20-22H,5H2,1H3/t7?,10-,11+,13-,14-/m1/s1. The first-order valence-corrected chi connectivity index (χ1v) is 7.89. The first-order chi connectivity index (χ1) is 11.7. The van der Waals surface area contributed by atoms with Gasteiger partial charge in [-0.3, -0.25) is 0 Å². The van der Waals surface area contributed by atoms with Gasteiger partial charge in [0.2, 0.25) is 0 Å². The van der Waals surface area contributed by atoms with Gasteiger partial charge < -0.3 is 34.7 Å². The SMILES string of the molecule is CC(Oc1ccc(Cl)cc1Cl)C(=O)O[C@@H]([C@H](O)[C@H](O)CO)[C@@H](O)C=O. The number of carbonyl (C=O) groups excluding carboxylic acids is 2. The summed E-state index contributed by atoms with van der Waals surface area (Å²) in [4.78, 5) is 22.8. The van der Waals surface area contributed by atoms with Crippen molar-refractivity contribution in [3.63, 3.8) is 0 Å². The van der Waals surface area contributed by atoms with Crippen LogP contribution in [-0.4, -0.2) is 69.8 Å². The lowest BCUT2D eigenvalue weighted by Gasteiger charge is -2.28. The van der Waals surface area contributed by atoms with Crippen LogP contribution in [0.4, 0.5) is 0 Å². The third kappa shape index (κ3) is 6.10. The Labute approximate surface area is 153 Å². The topological polar surface area (TPSA) is 134 Å². The smallest absolute Gasteiger partial charge is 0.347 e. The second-order valence-corrected chi connectivity index (χ2v) is 5.95. The molecule has 0 aromatic heterocycles. The van der Waals surface area contributed by atoms with Gasteiger partial charge >= 0.3 is 5.97 Å². The van der Waals surface area contributed by atoms with E-state index in [-0.39, 0.29) is 17.1 Å². The molecular weight excluding hydrogens is 379 g/mol. The zero-order valence-electron chi connectivity index (χ0n) is 13.1. The van der Waals surface area contributed by atoms with Crippen LogP contribution in [0.15, 0.2) is 18.2 Å². The van der Waals surface area contributed by atoms with E-state index in [9.17, 15) is 24.9 Å². The van der Waals surface area contributed by atoms with E-state index in [1.165, 1.54) is 25.1 Å². The van der Waals surface area contributed by atoms with Crippen molar-refractivity contribution in [2.24, 2.45) is 0 Å². The molecule has 0 aliphatic heterocycles. The largest absolute Gasteiger partial charge is 0.477 e.